The van der Waals surface area contributed by atoms with E-state index in [1.807, 2.05) is 29.8 Å². The van der Waals surface area contributed by atoms with E-state index in [1.165, 1.54) is 34.2 Å². The molecule has 1 atom stereocenters. The largest absolute Gasteiger partial charge is 0.349 e. The Balaban J connectivity index is 1.83. The van der Waals surface area contributed by atoms with Gasteiger partial charge < -0.3 is 4.90 Å². The number of thiophene rings is 1. The summed E-state index contributed by atoms with van der Waals surface area (Å²) in [6, 6.07) is 4.37. The predicted molar refractivity (Wildman–Crippen MR) is 95.1 cm³/mol. The first kappa shape index (κ1) is 14.6. The van der Waals surface area contributed by atoms with Gasteiger partial charge in [-0.25, -0.2) is 9.97 Å². The van der Waals surface area contributed by atoms with E-state index in [0.717, 1.165) is 23.6 Å². The highest BCUT2D eigenvalue weighted by atomic mass is 32.1. The van der Waals surface area contributed by atoms with E-state index < -0.39 is 0 Å². The van der Waals surface area contributed by atoms with Crippen LogP contribution in [0.15, 0.2) is 30.9 Å². The number of fused-ring (bicyclic) bond motifs is 3. The first-order valence-corrected chi connectivity index (χ1v) is 9.03. The molecule has 3 aromatic rings. The van der Waals surface area contributed by atoms with Gasteiger partial charge in [0.15, 0.2) is 0 Å². The second-order valence-corrected chi connectivity index (χ2v) is 7.07. The molecule has 1 unspecified atom stereocenters. The molecule has 0 spiro atoms. The third kappa shape index (κ3) is 2.39. The molecule has 23 heavy (non-hydrogen) atoms. The van der Waals surface area contributed by atoms with Gasteiger partial charge in [-0.05, 0) is 50.3 Å². The van der Waals surface area contributed by atoms with Gasteiger partial charge in [0, 0.05) is 23.8 Å². The smallest absolute Gasteiger partial charge is 0.141 e. The van der Waals surface area contributed by atoms with Crippen LogP contribution in [0.4, 0.5) is 5.82 Å². The van der Waals surface area contributed by atoms with Crippen LogP contribution in [0.1, 0.15) is 42.3 Å². The van der Waals surface area contributed by atoms with Crippen molar-refractivity contribution in [2.24, 2.45) is 0 Å². The first-order chi connectivity index (χ1) is 11.3. The summed E-state index contributed by atoms with van der Waals surface area (Å²) in [6.45, 7) is 5.32. The van der Waals surface area contributed by atoms with E-state index in [1.54, 1.807) is 6.33 Å². The minimum absolute atomic E-state index is 0.240. The molecule has 0 saturated carbocycles. The molecule has 5 heteroatoms. The van der Waals surface area contributed by atoms with E-state index in [4.69, 9.17) is 0 Å². The van der Waals surface area contributed by atoms with Crippen molar-refractivity contribution < 1.29 is 0 Å². The van der Waals surface area contributed by atoms with Crippen molar-refractivity contribution >= 4 is 27.4 Å². The van der Waals surface area contributed by atoms with Crippen molar-refractivity contribution in [2.45, 2.75) is 39.2 Å². The van der Waals surface area contributed by atoms with Crippen LogP contribution in [0.2, 0.25) is 0 Å². The molecule has 3 heterocycles. The van der Waals surface area contributed by atoms with Gasteiger partial charge in [0.25, 0.3) is 0 Å². The second kappa shape index (κ2) is 5.89. The predicted octanol–water partition coefficient (Wildman–Crippen LogP) is 4.16. The summed E-state index contributed by atoms with van der Waals surface area (Å²) in [6.07, 6.45) is 9.09. The standard InChI is InChI=1S/C18H20N4S/c1-3-22(12(2)13-6-5-9-19-10-13)17-16-14-7-4-8-15(14)23-18(16)21-11-20-17/h5-6,9-12H,3-4,7-8H2,1-2H3. The minimum atomic E-state index is 0.240. The topological polar surface area (TPSA) is 41.9 Å². The highest BCUT2D eigenvalue weighted by Gasteiger charge is 2.25. The number of hydrogen-bond acceptors (Lipinski definition) is 5. The zero-order valence-electron chi connectivity index (χ0n) is 13.5. The van der Waals surface area contributed by atoms with Crippen LogP contribution in [-0.2, 0) is 12.8 Å². The van der Waals surface area contributed by atoms with Crippen molar-refractivity contribution in [3.05, 3.63) is 46.9 Å². The number of aromatic nitrogens is 3. The summed E-state index contributed by atoms with van der Waals surface area (Å²) < 4.78 is 0. The maximum absolute atomic E-state index is 4.68. The van der Waals surface area contributed by atoms with E-state index in [2.05, 4.69) is 39.8 Å². The van der Waals surface area contributed by atoms with Gasteiger partial charge in [-0.15, -0.1) is 11.3 Å². The molecule has 0 fully saturated rings. The molecule has 3 aromatic heterocycles. The molecule has 0 amide bonds. The summed E-state index contributed by atoms with van der Waals surface area (Å²) in [5.41, 5.74) is 2.70. The van der Waals surface area contributed by atoms with Gasteiger partial charge in [-0.2, -0.15) is 0 Å². The second-order valence-electron chi connectivity index (χ2n) is 5.98. The van der Waals surface area contributed by atoms with Crippen molar-refractivity contribution in [3.63, 3.8) is 0 Å². The normalized spacial score (nSPS) is 14.9. The van der Waals surface area contributed by atoms with Crippen LogP contribution in [0.3, 0.4) is 0 Å². The molecule has 0 radical (unpaired) electrons. The summed E-state index contributed by atoms with van der Waals surface area (Å²) in [5, 5.41) is 1.28. The molecule has 118 valence electrons. The fourth-order valence-corrected chi connectivity index (χ4v) is 4.76. The fraction of sp³-hybridized carbons (Fsp3) is 0.389. The van der Waals surface area contributed by atoms with Crippen molar-refractivity contribution in [1.82, 2.24) is 15.0 Å². The Hall–Kier alpha value is -2.01. The van der Waals surface area contributed by atoms with Crippen LogP contribution in [0, 0.1) is 0 Å². The summed E-state index contributed by atoms with van der Waals surface area (Å²) in [7, 11) is 0. The lowest BCUT2D eigenvalue weighted by atomic mass is 10.1. The lowest BCUT2D eigenvalue weighted by Gasteiger charge is -2.30. The van der Waals surface area contributed by atoms with Crippen molar-refractivity contribution in [1.29, 1.82) is 0 Å². The average molecular weight is 324 g/mol. The Kier molecular flexibility index (Phi) is 3.73. The van der Waals surface area contributed by atoms with Crippen LogP contribution in [0.25, 0.3) is 10.2 Å². The van der Waals surface area contributed by atoms with E-state index >= 15 is 0 Å². The van der Waals surface area contributed by atoms with Crippen LogP contribution < -0.4 is 4.90 Å². The fourth-order valence-electron chi connectivity index (χ4n) is 3.54. The third-order valence-electron chi connectivity index (χ3n) is 4.73. The van der Waals surface area contributed by atoms with Crippen molar-refractivity contribution in [3.8, 4) is 0 Å². The number of pyridine rings is 1. The summed E-state index contributed by atoms with van der Waals surface area (Å²) in [5.74, 6) is 1.08. The number of aryl methyl sites for hydroxylation is 2. The maximum Gasteiger partial charge on any atom is 0.141 e. The van der Waals surface area contributed by atoms with Gasteiger partial charge >= 0.3 is 0 Å². The SMILES string of the molecule is CCN(c1ncnc2sc3c(c12)CCC3)C(C)c1cccnc1. The summed E-state index contributed by atoms with van der Waals surface area (Å²) in [4.78, 5) is 18.5. The molecular weight excluding hydrogens is 304 g/mol. The van der Waals surface area contributed by atoms with Crippen molar-refractivity contribution in [2.75, 3.05) is 11.4 Å². The zero-order chi connectivity index (χ0) is 15.8. The highest BCUT2D eigenvalue weighted by Crippen LogP contribution is 2.41. The maximum atomic E-state index is 4.68. The average Bonchev–Trinajstić information content (AvgIpc) is 3.17. The third-order valence-corrected chi connectivity index (χ3v) is 5.93. The monoisotopic (exact) mass is 324 g/mol. The van der Waals surface area contributed by atoms with Crippen LogP contribution in [0.5, 0.6) is 0 Å². The van der Waals surface area contributed by atoms with E-state index in [9.17, 15) is 0 Å². The molecule has 4 nitrogen and oxygen atoms in total. The molecule has 4 rings (SSSR count). The lowest BCUT2D eigenvalue weighted by molar-refractivity contribution is 0.679. The quantitative estimate of drug-likeness (QED) is 0.722. The minimum Gasteiger partial charge on any atom is -0.349 e. The van der Waals surface area contributed by atoms with Gasteiger partial charge in [0.2, 0.25) is 0 Å². The molecule has 0 bridgehead atoms. The Morgan fingerprint density at radius 3 is 3.00 bits per heavy atom. The highest BCUT2D eigenvalue weighted by molar-refractivity contribution is 7.19. The number of nitrogens with zero attached hydrogens (tertiary/aromatic N) is 4. The number of rotatable bonds is 4. The van der Waals surface area contributed by atoms with Crippen LogP contribution in [-0.4, -0.2) is 21.5 Å². The molecule has 1 aliphatic carbocycles. The number of hydrogen-bond donors (Lipinski definition) is 0. The summed E-state index contributed by atoms with van der Waals surface area (Å²) >= 11 is 1.85. The zero-order valence-corrected chi connectivity index (χ0v) is 14.3. The van der Waals surface area contributed by atoms with E-state index in [-0.39, 0.29) is 6.04 Å². The van der Waals surface area contributed by atoms with Gasteiger partial charge in [-0.3, -0.25) is 4.98 Å². The Labute approximate surface area is 140 Å². The molecular formula is C18H20N4S. The van der Waals surface area contributed by atoms with Crippen LogP contribution >= 0.6 is 11.3 Å². The first-order valence-electron chi connectivity index (χ1n) is 8.21. The van der Waals surface area contributed by atoms with E-state index in [0.29, 0.717) is 0 Å². The molecule has 0 aliphatic heterocycles. The molecule has 0 N–H and O–H groups in total. The Bertz CT molecular complexity index is 828. The molecule has 0 aromatic carbocycles. The van der Waals surface area contributed by atoms with Gasteiger partial charge in [0.05, 0.1) is 11.4 Å². The molecule has 0 saturated heterocycles. The number of anilines is 1. The Morgan fingerprint density at radius 1 is 1.30 bits per heavy atom. The lowest BCUT2D eigenvalue weighted by Crippen LogP contribution is -2.27. The molecule has 1 aliphatic rings. The van der Waals surface area contributed by atoms with Gasteiger partial charge in [-0.1, -0.05) is 6.07 Å². The van der Waals surface area contributed by atoms with Gasteiger partial charge in [0.1, 0.15) is 17.0 Å². The Morgan fingerprint density at radius 2 is 2.22 bits per heavy atom.